The molecule has 1 amide bonds. The SMILES string of the molecule is COc1ccc(CN2CCCN(C(=O)c3n[nH]c4ccc(C)cc34)CC2)cc1. The van der Waals surface area contributed by atoms with Gasteiger partial charge in [0.2, 0.25) is 0 Å². The molecule has 146 valence electrons. The van der Waals surface area contributed by atoms with Crippen LogP contribution >= 0.6 is 0 Å². The van der Waals surface area contributed by atoms with E-state index in [4.69, 9.17) is 4.74 Å². The van der Waals surface area contributed by atoms with Crippen LogP contribution in [0.25, 0.3) is 10.9 Å². The molecule has 0 saturated carbocycles. The van der Waals surface area contributed by atoms with E-state index in [0.717, 1.165) is 61.4 Å². The van der Waals surface area contributed by atoms with E-state index in [1.165, 1.54) is 5.56 Å². The Morgan fingerprint density at radius 3 is 2.71 bits per heavy atom. The number of amides is 1. The molecule has 6 nitrogen and oxygen atoms in total. The van der Waals surface area contributed by atoms with Crippen molar-refractivity contribution in [2.45, 2.75) is 19.9 Å². The Morgan fingerprint density at radius 1 is 1.11 bits per heavy atom. The Balaban J connectivity index is 1.42. The number of nitrogens with zero attached hydrogens (tertiary/aromatic N) is 3. The van der Waals surface area contributed by atoms with Gasteiger partial charge >= 0.3 is 0 Å². The van der Waals surface area contributed by atoms with Crippen molar-refractivity contribution >= 4 is 16.8 Å². The summed E-state index contributed by atoms with van der Waals surface area (Å²) in [6.07, 6.45) is 0.962. The molecule has 0 spiro atoms. The van der Waals surface area contributed by atoms with Crippen molar-refractivity contribution in [3.63, 3.8) is 0 Å². The Kier molecular flexibility index (Phi) is 5.30. The highest BCUT2D eigenvalue weighted by Gasteiger charge is 2.23. The Labute approximate surface area is 165 Å². The largest absolute Gasteiger partial charge is 0.497 e. The average Bonchev–Trinajstić information content (AvgIpc) is 2.98. The van der Waals surface area contributed by atoms with Crippen LogP contribution < -0.4 is 4.74 Å². The maximum Gasteiger partial charge on any atom is 0.275 e. The first-order valence-electron chi connectivity index (χ1n) is 9.73. The number of aryl methyl sites for hydroxylation is 1. The number of fused-ring (bicyclic) bond motifs is 1. The lowest BCUT2D eigenvalue weighted by Gasteiger charge is -2.21. The van der Waals surface area contributed by atoms with Crippen molar-refractivity contribution in [3.05, 3.63) is 59.3 Å². The predicted molar refractivity (Wildman–Crippen MR) is 110 cm³/mol. The summed E-state index contributed by atoms with van der Waals surface area (Å²) in [6, 6.07) is 14.2. The molecule has 0 atom stereocenters. The lowest BCUT2D eigenvalue weighted by molar-refractivity contribution is 0.0757. The molecule has 2 heterocycles. The number of H-pyrrole nitrogens is 1. The summed E-state index contributed by atoms with van der Waals surface area (Å²) in [5.41, 5.74) is 3.83. The standard InChI is InChI=1S/C22H26N4O2/c1-16-4-9-20-19(14-16)21(24-23-20)22(27)26-11-3-10-25(12-13-26)15-17-5-7-18(28-2)8-6-17/h4-9,14H,3,10-13,15H2,1-2H3,(H,23,24). The third kappa shape index (κ3) is 3.87. The lowest BCUT2D eigenvalue weighted by atomic mass is 10.1. The minimum atomic E-state index is 0.0168. The number of rotatable bonds is 4. The van der Waals surface area contributed by atoms with Crippen LogP contribution in [0.15, 0.2) is 42.5 Å². The van der Waals surface area contributed by atoms with Gasteiger partial charge in [0.05, 0.1) is 12.6 Å². The molecule has 1 aromatic heterocycles. The molecule has 2 aromatic carbocycles. The second-order valence-corrected chi connectivity index (χ2v) is 7.39. The number of aromatic amines is 1. The summed E-state index contributed by atoms with van der Waals surface area (Å²) in [5.74, 6) is 0.890. The molecule has 0 radical (unpaired) electrons. The maximum absolute atomic E-state index is 13.1. The Hall–Kier alpha value is -2.86. The van der Waals surface area contributed by atoms with Crippen molar-refractivity contribution in [3.8, 4) is 5.75 Å². The van der Waals surface area contributed by atoms with E-state index in [1.807, 2.05) is 42.2 Å². The number of benzene rings is 2. The Bertz CT molecular complexity index is 964. The van der Waals surface area contributed by atoms with Crippen LogP contribution in [-0.4, -0.2) is 59.2 Å². The fourth-order valence-corrected chi connectivity index (χ4v) is 3.76. The van der Waals surface area contributed by atoms with E-state index in [9.17, 15) is 4.79 Å². The molecule has 4 rings (SSSR count). The van der Waals surface area contributed by atoms with Crippen molar-refractivity contribution < 1.29 is 9.53 Å². The summed E-state index contributed by atoms with van der Waals surface area (Å²) in [5, 5.41) is 8.19. The topological polar surface area (TPSA) is 61.5 Å². The van der Waals surface area contributed by atoms with E-state index >= 15 is 0 Å². The number of hydrogen-bond donors (Lipinski definition) is 1. The van der Waals surface area contributed by atoms with Crippen LogP contribution in [0.2, 0.25) is 0 Å². The number of ether oxygens (including phenoxy) is 1. The van der Waals surface area contributed by atoms with E-state index in [-0.39, 0.29) is 5.91 Å². The number of carbonyl (C=O) groups is 1. The summed E-state index contributed by atoms with van der Waals surface area (Å²) in [4.78, 5) is 17.4. The van der Waals surface area contributed by atoms with E-state index in [0.29, 0.717) is 5.69 Å². The fraction of sp³-hybridized carbons (Fsp3) is 0.364. The number of carbonyl (C=O) groups excluding carboxylic acids is 1. The summed E-state index contributed by atoms with van der Waals surface area (Å²) in [7, 11) is 1.68. The lowest BCUT2D eigenvalue weighted by Crippen LogP contribution is -2.35. The van der Waals surface area contributed by atoms with E-state index < -0.39 is 0 Å². The third-order valence-electron chi connectivity index (χ3n) is 5.36. The van der Waals surface area contributed by atoms with Crippen LogP contribution in [0.4, 0.5) is 0 Å². The number of methoxy groups -OCH3 is 1. The molecule has 1 N–H and O–H groups in total. The molecular weight excluding hydrogens is 352 g/mol. The van der Waals surface area contributed by atoms with Gasteiger partial charge in [-0.25, -0.2) is 0 Å². The van der Waals surface area contributed by atoms with Gasteiger partial charge in [0.1, 0.15) is 5.75 Å². The van der Waals surface area contributed by atoms with Gasteiger partial charge in [0, 0.05) is 38.1 Å². The summed E-state index contributed by atoms with van der Waals surface area (Å²) < 4.78 is 5.23. The zero-order valence-electron chi connectivity index (χ0n) is 16.4. The van der Waals surface area contributed by atoms with Gasteiger partial charge in [-0.3, -0.25) is 14.8 Å². The van der Waals surface area contributed by atoms with Crippen molar-refractivity contribution in [1.82, 2.24) is 20.0 Å². The minimum absolute atomic E-state index is 0.0168. The van der Waals surface area contributed by atoms with Gasteiger partial charge in [0.25, 0.3) is 5.91 Å². The number of nitrogens with one attached hydrogen (secondary N) is 1. The fourth-order valence-electron chi connectivity index (χ4n) is 3.76. The first-order chi connectivity index (χ1) is 13.6. The number of aromatic nitrogens is 2. The molecule has 0 unspecified atom stereocenters. The second kappa shape index (κ2) is 8.02. The molecule has 28 heavy (non-hydrogen) atoms. The first-order valence-corrected chi connectivity index (χ1v) is 9.73. The third-order valence-corrected chi connectivity index (χ3v) is 5.36. The molecule has 1 aliphatic rings. The second-order valence-electron chi connectivity index (χ2n) is 7.39. The van der Waals surface area contributed by atoms with Gasteiger partial charge in [0.15, 0.2) is 5.69 Å². The molecule has 0 bridgehead atoms. The molecule has 1 aliphatic heterocycles. The predicted octanol–water partition coefficient (Wildman–Crippen LogP) is 3.23. The quantitative estimate of drug-likeness (QED) is 0.757. The van der Waals surface area contributed by atoms with Crippen LogP contribution in [0.1, 0.15) is 28.0 Å². The molecule has 0 aliphatic carbocycles. The molecule has 1 fully saturated rings. The zero-order chi connectivity index (χ0) is 19.5. The van der Waals surface area contributed by atoms with Gasteiger partial charge in [-0.15, -0.1) is 0 Å². The average molecular weight is 378 g/mol. The molecule has 6 heteroatoms. The molecule has 3 aromatic rings. The minimum Gasteiger partial charge on any atom is -0.497 e. The highest BCUT2D eigenvalue weighted by Crippen LogP contribution is 2.20. The Morgan fingerprint density at radius 2 is 1.93 bits per heavy atom. The van der Waals surface area contributed by atoms with Crippen molar-refractivity contribution in [1.29, 1.82) is 0 Å². The number of hydrogen-bond acceptors (Lipinski definition) is 4. The van der Waals surface area contributed by atoms with Gasteiger partial charge in [-0.1, -0.05) is 23.8 Å². The van der Waals surface area contributed by atoms with Gasteiger partial charge in [-0.2, -0.15) is 5.10 Å². The zero-order valence-corrected chi connectivity index (χ0v) is 16.4. The van der Waals surface area contributed by atoms with Crippen LogP contribution in [-0.2, 0) is 6.54 Å². The normalized spacial score (nSPS) is 15.6. The van der Waals surface area contributed by atoms with E-state index in [1.54, 1.807) is 7.11 Å². The van der Waals surface area contributed by atoms with E-state index in [2.05, 4.69) is 27.2 Å². The smallest absolute Gasteiger partial charge is 0.275 e. The first kappa shape index (κ1) is 18.5. The summed E-state index contributed by atoms with van der Waals surface area (Å²) >= 11 is 0. The van der Waals surface area contributed by atoms with Gasteiger partial charge < -0.3 is 9.64 Å². The maximum atomic E-state index is 13.1. The van der Waals surface area contributed by atoms with Crippen LogP contribution in [0.3, 0.4) is 0 Å². The molecule has 1 saturated heterocycles. The van der Waals surface area contributed by atoms with Crippen LogP contribution in [0.5, 0.6) is 5.75 Å². The highest BCUT2D eigenvalue weighted by molar-refractivity contribution is 6.04. The van der Waals surface area contributed by atoms with Crippen LogP contribution in [0, 0.1) is 6.92 Å². The van der Waals surface area contributed by atoms with Gasteiger partial charge in [-0.05, 0) is 43.2 Å². The summed E-state index contributed by atoms with van der Waals surface area (Å²) in [6.45, 7) is 6.24. The highest BCUT2D eigenvalue weighted by atomic mass is 16.5. The van der Waals surface area contributed by atoms with Crippen molar-refractivity contribution in [2.75, 3.05) is 33.3 Å². The van der Waals surface area contributed by atoms with Crippen molar-refractivity contribution in [2.24, 2.45) is 0 Å². The monoisotopic (exact) mass is 378 g/mol. The molecular formula is C22H26N4O2.